The Bertz CT molecular complexity index is 632. The van der Waals surface area contributed by atoms with Crippen molar-refractivity contribution in [2.75, 3.05) is 26.2 Å². The molecular formula is C18H23FN2O4. The molecule has 0 radical (unpaired) electrons. The van der Waals surface area contributed by atoms with Gasteiger partial charge in [-0.05, 0) is 43.5 Å². The van der Waals surface area contributed by atoms with Crippen LogP contribution < -0.4 is 0 Å². The Morgan fingerprint density at radius 1 is 1.28 bits per heavy atom. The lowest BCUT2D eigenvalue weighted by Crippen LogP contribution is -2.48. The Labute approximate surface area is 146 Å². The van der Waals surface area contributed by atoms with E-state index in [-0.39, 0.29) is 24.9 Å². The summed E-state index contributed by atoms with van der Waals surface area (Å²) in [5.41, 5.74) is 0.380. The summed E-state index contributed by atoms with van der Waals surface area (Å²) < 4.78 is 13.0. The molecule has 1 heterocycles. The van der Waals surface area contributed by atoms with Gasteiger partial charge in [0.25, 0.3) is 5.91 Å². The van der Waals surface area contributed by atoms with Gasteiger partial charge in [0.15, 0.2) is 0 Å². The van der Waals surface area contributed by atoms with Crippen LogP contribution in [0.4, 0.5) is 4.39 Å². The highest BCUT2D eigenvalue weighted by Crippen LogP contribution is 2.21. The smallest absolute Gasteiger partial charge is 0.323 e. The van der Waals surface area contributed by atoms with Crippen molar-refractivity contribution in [1.29, 1.82) is 0 Å². The van der Waals surface area contributed by atoms with Crippen molar-refractivity contribution >= 4 is 17.8 Å². The number of piperidine rings is 1. The van der Waals surface area contributed by atoms with Crippen molar-refractivity contribution in [1.82, 2.24) is 9.80 Å². The van der Waals surface area contributed by atoms with E-state index in [1.165, 1.54) is 29.2 Å². The van der Waals surface area contributed by atoms with Crippen LogP contribution >= 0.6 is 0 Å². The maximum atomic E-state index is 13.0. The molecule has 2 amide bonds. The van der Waals surface area contributed by atoms with E-state index in [0.29, 0.717) is 37.9 Å². The highest BCUT2D eigenvalue weighted by molar-refractivity contribution is 5.94. The first kappa shape index (κ1) is 18.9. The molecule has 1 saturated heterocycles. The molecule has 1 aliphatic rings. The number of likely N-dealkylation sites (tertiary alicyclic amines) is 1. The SMILES string of the molecule is CCCN(CC(=O)O)C(=O)C1CCCN(C(=O)c2ccc(F)cc2)C1. The lowest BCUT2D eigenvalue weighted by molar-refractivity contribution is -0.147. The van der Waals surface area contributed by atoms with Gasteiger partial charge in [-0.2, -0.15) is 0 Å². The number of nitrogens with zero attached hydrogens (tertiary/aromatic N) is 2. The zero-order valence-electron chi connectivity index (χ0n) is 14.3. The Kier molecular flexibility index (Phi) is 6.50. The molecule has 0 spiro atoms. The lowest BCUT2D eigenvalue weighted by atomic mass is 9.95. The molecule has 1 fully saturated rings. The van der Waals surface area contributed by atoms with E-state index >= 15 is 0 Å². The minimum absolute atomic E-state index is 0.221. The molecule has 25 heavy (non-hydrogen) atoms. The lowest BCUT2D eigenvalue weighted by Gasteiger charge is -2.34. The van der Waals surface area contributed by atoms with Gasteiger partial charge in [0, 0.05) is 25.2 Å². The fourth-order valence-corrected chi connectivity index (χ4v) is 3.10. The normalized spacial score (nSPS) is 17.2. The van der Waals surface area contributed by atoms with Gasteiger partial charge in [0.2, 0.25) is 5.91 Å². The van der Waals surface area contributed by atoms with Crippen molar-refractivity contribution in [2.45, 2.75) is 26.2 Å². The van der Waals surface area contributed by atoms with E-state index in [1.54, 1.807) is 4.90 Å². The fourth-order valence-electron chi connectivity index (χ4n) is 3.10. The van der Waals surface area contributed by atoms with Gasteiger partial charge < -0.3 is 14.9 Å². The van der Waals surface area contributed by atoms with Gasteiger partial charge in [-0.15, -0.1) is 0 Å². The Morgan fingerprint density at radius 2 is 1.96 bits per heavy atom. The zero-order chi connectivity index (χ0) is 18.4. The molecule has 0 bridgehead atoms. The molecular weight excluding hydrogens is 327 g/mol. The third kappa shape index (κ3) is 5.01. The van der Waals surface area contributed by atoms with E-state index in [2.05, 4.69) is 0 Å². The number of rotatable bonds is 6. The van der Waals surface area contributed by atoms with Crippen LogP contribution in [0.3, 0.4) is 0 Å². The number of aliphatic carboxylic acids is 1. The summed E-state index contributed by atoms with van der Waals surface area (Å²) in [6.45, 7) is 2.73. The average molecular weight is 350 g/mol. The minimum Gasteiger partial charge on any atom is -0.480 e. The highest BCUT2D eigenvalue weighted by Gasteiger charge is 2.32. The van der Waals surface area contributed by atoms with Crippen LogP contribution in [0.2, 0.25) is 0 Å². The summed E-state index contributed by atoms with van der Waals surface area (Å²) in [4.78, 5) is 39.1. The molecule has 0 aliphatic carbocycles. The van der Waals surface area contributed by atoms with Crippen molar-refractivity contribution in [3.8, 4) is 0 Å². The number of carboxylic acid groups (broad SMARTS) is 1. The van der Waals surface area contributed by atoms with Crippen LogP contribution in [0.1, 0.15) is 36.5 Å². The Balaban J connectivity index is 2.05. The molecule has 7 heteroatoms. The second kappa shape index (κ2) is 8.60. The van der Waals surface area contributed by atoms with Gasteiger partial charge in [0.05, 0.1) is 5.92 Å². The van der Waals surface area contributed by atoms with E-state index in [1.807, 2.05) is 6.92 Å². The molecule has 1 atom stereocenters. The number of carbonyl (C=O) groups excluding carboxylic acids is 2. The second-order valence-corrected chi connectivity index (χ2v) is 6.25. The monoisotopic (exact) mass is 350 g/mol. The van der Waals surface area contributed by atoms with Crippen molar-refractivity contribution in [3.05, 3.63) is 35.6 Å². The highest BCUT2D eigenvalue weighted by atomic mass is 19.1. The van der Waals surface area contributed by atoms with Crippen LogP contribution in [0.25, 0.3) is 0 Å². The summed E-state index contributed by atoms with van der Waals surface area (Å²) in [6.07, 6.45) is 1.98. The van der Waals surface area contributed by atoms with Gasteiger partial charge in [-0.1, -0.05) is 6.92 Å². The van der Waals surface area contributed by atoms with Crippen LogP contribution in [-0.4, -0.2) is 58.9 Å². The van der Waals surface area contributed by atoms with Gasteiger partial charge in [-0.3, -0.25) is 14.4 Å². The summed E-state index contributed by atoms with van der Waals surface area (Å²) >= 11 is 0. The van der Waals surface area contributed by atoms with Crippen LogP contribution in [0, 0.1) is 11.7 Å². The van der Waals surface area contributed by atoms with Crippen molar-refractivity contribution in [2.24, 2.45) is 5.92 Å². The third-order valence-electron chi connectivity index (χ3n) is 4.28. The van der Waals surface area contributed by atoms with Crippen LogP contribution in [0.15, 0.2) is 24.3 Å². The molecule has 1 unspecified atom stereocenters. The number of hydrogen-bond acceptors (Lipinski definition) is 3. The summed E-state index contributed by atoms with van der Waals surface area (Å²) in [5, 5.41) is 8.98. The number of benzene rings is 1. The van der Waals surface area contributed by atoms with E-state index in [0.717, 1.165) is 0 Å². The van der Waals surface area contributed by atoms with Crippen LogP contribution in [0.5, 0.6) is 0 Å². The first-order valence-corrected chi connectivity index (χ1v) is 8.47. The second-order valence-electron chi connectivity index (χ2n) is 6.25. The maximum Gasteiger partial charge on any atom is 0.323 e. The Morgan fingerprint density at radius 3 is 2.56 bits per heavy atom. The molecule has 1 aromatic carbocycles. The first-order valence-electron chi connectivity index (χ1n) is 8.47. The van der Waals surface area contributed by atoms with Gasteiger partial charge >= 0.3 is 5.97 Å². The van der Waals surface area contributed by atoms with E-state index < -0.39 is 17.7 Å². The Hall–Kier alpha value is -2.44. The fraction of sp³-hybridized carbons (Fsp3) is 0.500. The average Bonchev–Trinajstić information content (AvgIpc) is 2.60. The predicted molar refractivity (Wildman–Crippen MR) is 89.5 cm³/mol. The number of carbonyl (C=O) groups is 3. The van der Waals surface area contributed by atoms with Crippen LogP contribution in [-0.2, 0) is 9.59 Å². The number of halogens is 1. The topological polar surface area (TPSA) is 77.9 Å². The third-order valence-corrected chi connectivity index (χ3v) is 4.28. The molecule has 0 aromatic heterocycles. The van der Waals surface area contributed by atoms with Crippen molar-refractivity contribution < 1.29 is 23.9 Å². The molecule has 2 rings (SSSR count). The molecule has 0 saturated carbocycles. The largest absolute Gasteiger partial charge is 0.480 e. The number of amides is 2. The van der Waals surface area contributed by atoms with E-state index in [9.17, 15) is 18.8 Å². The first-order chi connectivity index (χ1) is 11.9. The molecule has 136 valence electrons. The number of hydrogen-bond donors (Lipinski definition) is 1. The molecule has 1 aliphatic heterocycles. The van der Waals surface area contributed by atoms with Crippen molar-refractivity contribution in [3.63, 3.8) is 0 Å². The summed E-state index contributed by atoms with van der Waals surface area (Å²) in [5.74, 6) is -2.31. The minimum atomic E-state index is -1.04. The van der Waals surface area contributed by atoms with Gasteiger partial charge in [-0.25, -0.2) is 4.39 Å². The van der Waals surface area contributed by atoms with Gasteiger partial charge in [0.1, 0.15) is 12.4 Å². The number of carboxylic acids is 1. The standard InChI is InChI=1S/C18H23FN2O4/c1-2-9-20(12-16(22)23)18(25)14-4-3-10-21(11-14)17(24)13-5-7-15(19)8-6-13/h5-8,14H,2-4,9-12H2,1H3,(H,22,23). The quantitative estimate of drug-likeness (QED) is 0.851. The predicted octanol–water partition coefficient (Wildman–Crippen LogP) is 2.00. The van der Waals surface area contributed by atoms with E-state index in [4.69, 9.17) is 5.11 Å². The molecule has 6 nitrogen and oxygen atoms in total. The maximum absolute atomic E-state index is 13.0. The summed E-state index contributed by atoms with van der Waals surface area (Å²) in [7, 11) is 0. The molecule has 1 N–H and O–H groups in total. The summed E-state index contributed by atoms with van der Waals surface area (Å²) in [6, 6.07) is 5.32. The zero-order valence-corrected chi connectivity index (χ0v) is 14.3. The molecule has 1 aromatic rings.